The summed E-state index contributed by atoms with van der Waals surface area (Å²) in [6.07, 6.45) is 0. The molecule has 0 aliphatic carbocycles. The fourth-order valence-corrected chi connectivity index (χ4v) is 4.69. The molecule has 0 spiro atoms. The monoisotopic (exact) mass is 416 g/mol. The van der Waals surface area contributed by atoms with Crippen molar-refractivity contribution in [2.24, 2.45) is 0 Å². The van der Waals surface area contributed by atoms with Gasteiger partial charge in [0.05, 0.1) is 19.5 Å². The Morgan fingerprint density at radius 1 is 0.640 bits per heavy atom. The molecule has 0 amide bonds. The van der Waals surface area contributed by atoms with E-state index in [1.54, 1.807) is 14.2 Å². The molecular weight excluding hydrogens is 395 g/mol. The van der Waals surface area contributed by atoms with Gasteiger partial charge in [0, 0.05) is 19.7 Å². The van der Waals surface area contributed by atoms with Crippen LogP contribution in [0.5, 0.6) is 11.5 Å². The van der Waals surface area contributed by atoms with Crippen LogP contribution in [0, 0.1) is 0 Å². The molecule has 0 heterocycles. The van der Waals surface area contributed by atoms with E-state index in [4.69, 9.17) is 9.47 Å². The molecule has 130 valence electrons. The van der Waals surface area contributed by atoms with E-state index in [0.717, 1.165) is 11.5 Å². The molecule has 0 radical (unpaired) electrons. The van der Waals surface area contributed by atoms with Gasteiger partial charge in [-0.2, -0.15) is 0 Å². The summed E-state index contributed by atoms with van der Waals surface area (Å²) in [5.41, 5.74) is 2.67. The molecule has 2 nitrogen and oxygen atoms in total. The summed E-state index contributed by atoms with van der Waals surface area (Å²) < 4.78 is 11.3. The molecule has 0 N–H and O–H groups in total. The average molecular weight is 417 g/mol. The summed E-state index contributed by atoms with van der Waals surface area (Å²) in [5, 5.41) is 1.37. The molecule has 3 aromatic carbocycles. The van der Waals surface area contributed by atoms with Crippen LogP contribution in [-0.4, -0.2) is 14.2 Å². The molecule has 0 aliphatic rings. The van der Waals surface area contributed by atoms with Crippen LogP contribution < -0.4 is 31.8 Å². The molecular formula is C21H22BrO2P. The SMILES string of the molecule is COc1ccccc1C([PH2+]c1ccccc1)c1ccccc1OC.[Br-]. The molecule has 3 rings (SSSR count). The standard InChI is InChI=1S/C21H21O2P.BrH/c1-22-19-14-8-6-12-17(19)21(24-16-10-4-3-5-11-16)18-13-7-9-15-20(18)23-2;/h3-15,21,24H,1-2H3;1H. The van der Waals surface area contributed by atoms with E-state index in [2.05, 4.69) is 54.6 Å². The predicted octanol–water partition coefficient (Wildman–Crippen LogP) is 1.53. The van der Waals surface area contributed by atoms with Gasteiger partial charge in [0.1, 0.15) is 17.2 Å². The lowest BCUT2D eigenvalue weighted by molar-refractivity contribution is -0.00000523. The van der Waals surface area contributed by atoms with Gasteiger partial charge in [-0.05, 0) is 24.3 Å². The van der Waals surface area contributed by atoms with Crippen molar-refractivity contribution in [2.45, 2.75) is 5.66 Å². The minimum atomic E-state index is -0.0131. The largest absolute Gasteiger partial charge is 1.00 e. The maximum absolute atomic E-state index is 5.63. The van der Waals surface area contributed by atoms with Crippen molar-refractivity contribution >= 4 is 13.9 Å². The zero-order valence-electron chi connectivity index (χ0n) is 14.4. The number of ether oxygens (including phenoxy) is 2. The third kappa shape index (κ3) is 4.62. The van der Waals surface area contributed by atoms with Gasteiger partial charge < -0.3 is 26.5 Å². The van der Waals surface area contributed by atoms with Gasteiger partial charge in [-0.3, -0.25) is 0 Å². The van der Waals surface area contributed by atoms with Gasteiger partial charge >= 0.3 is 0 Å². The maximum Gasteiger partial charge on any atom is 0.127 e. The summed E-state index contributed by atoms with van der Waals surface area (Å²) in [4.78, 5) is 0. The topological polar surface area (TPSA) is 18.5 Å². The normalized spacial score (nSPS) is 10.7. The van der Waals surface area contributed by atoms with Gasteiger partial charge in [-0.25, -0.2) is 0 Å². The summed E-state index contributed by atoms with van der Waals surface area (Å²) >= 11 is 0. The first-order valence-corrected chi connectivity index (χ1v) is 9.23. The van der Waals surface area contributed by atoms with Gasteiger partial charge in [-0.15, -0.1) is 0 Å². The second-order valence-electron chi connectivity index (χ2n) is 5.54. The number of rotatable bonds is 6. The van der Waals surface area contributed by atoms with Gasteiger partial charge in [0.2, 0.25) is 0 Å². The first kappa shape index (κ1) is 19.5. The maximum atomic E-state index is 5.63. The van der Waals surface area contributed by atoms with E-state index in [1.807, 2.05) is 24.3 Å². The number of hydrogen-bond donors (Lipinski definition) is 0. The van der Waals surface area contributed by atoms with Crippen LogP contribution in [-0.2, 0) is 0 Å². The van der Waals surface area contributed by atoms with Crippen LogP contribution >= 0.6 is 8.58 Å². The van der Waals surface area contributed by atoms with Crippen molar-refractivity contribution in [3.05, 3.63) is 90.0 Å². The number of para-hydroxylation sites is 2. The fourth-order valence-electron chi connectivity index (χ4n) is 2.95. The highest BCUT2D eigenvalue weighted by atomic mass is 79.9. The molecule has 0 fully saturated rings. The Kier molecular flexibility index (Phi) is 7.49. The number of benzene rings is 3. The van der Waals surface area contributed by atoms with Crippen molar-refractivity contribution in [3.63, 3.8) is 0 Å². The molecule has 0 aliphatic heterocycles. The fraction of sp³-hybridized carbons (Fsp3) is 0.143. The molecule has 1 unspecified atom stereocenters. The smallest absolute Gasteiger partial charge is 0.127 e. The number of methoxy groups -OCH3 is 2. The third-order valence-electron chi connectivity index (χ3n) is 4.11. The highest BCUT2D eigenvalue weighted by Crippen LogP contribution is 2.46. The van der Waals surface area contributed by atoms with Crippen LogP contribution in [0.1, 0.15) is 16.8 Å². The quantitative estimate of drug-likeness (QED) is 0.567. The van der Waals surface area contributed by atoms with E-state index < -0.39 is 0 Å². The lowest BCUT2D eigenvalue weighted by Gasteiger charge is -2.18. The van der Waals surface area contributed by atoms with Crippen LogP contribution in [0.25, 0.3) is 0 Å². The summed E-state index contributed by atoms with van der Waals surface area (Å²) in [6.45, 7) is 0. The Morgan fingerprint density at radius 3 is 1.56 bits per heavy atom. The Hall–Kier alpha value is -1.83. The summed E-state index contributed by atoms with van der Waals surface area (Å²) in [6, 6.07) is 27.2. The average Bonchev–Trinajstić information content (AvgIpc) is 2.67. The molecule has 1 atom stereocenters. The molecule has 0 saturated carbocycles. The molecule has 0 bridgehead atoms. The lowest BCUT2D eigenvalue weighted by atomic mass is 10.0. The first-order chi connectivity index (χ1) is 11.8. The third-order valence-corrected chi connectivity index (χ3v) is 5.93. The van der Waals surface area contributed by atoms with Crippen LogP contribution in [0.4, 0.5) is 0 Å². The predicted molar refractivity (Wildman–Crippen MR) is 104 cm³/mol. The van der Waals surface area contributed by atoms with Crippen molar-refractivity contribution in [2.75, 3.05) is 14.2 Å². The van der Waals surface area contributed by atoms with E-state index in [0.29, 0.717) is 0 Å². The summed E-state index contributed by atoms with van der Waals surface area (Å²) in [7, 11) is 3.45. The van der Waals surface area contributed by atoms with Gasteiger partial charge in [0.15, 0.2) is 0 Å². The molecule has 0 aromatic heterocycles. The van der Waals surface area contributed by atoms with Crippen molar-refractivity contribution in [1.82, 2.24) is 0 Å². The first-order valence-electron chi connectivity index (χ1n) is 7.99. The van der Waals surface area contributed by atoms with E-state index in [-0.39, 0.29) is 31.2 Å². The van der Waals surface area contributed by atoms with Crippen molar-refractivity contribution < 1.29 is 26.5 Å². The second-order valence-corrected chi connectivity index (χ2v) is 7.21. The minimum Gasteiger partial charge on any atom is -1.00 e. The van der Waals surface area contributed by atoms with E-state index in [1.165, 1.54) is 16.4 Å². The van der Waals surface area contributed by atoms with Crippen LogP contribution in [0.15, 0.2) is 78.9 Å². The van der Waals surface area contributed by atoms with Gasteiger partial charge in [0.25, 0.3) is 0 Å². The molecule has 0 saturated heterocycles. The molecule has 3 aromatic rings. The second kappa shape index (κ2) is 9.60. The van der Waals surface area contributed by atoms with Crippen molar-refractivity contribution in [1.29, 1.82) is 0 Å². The zero-order chi connectivity index (χ0) is 16.8. The van der Waals surface area contributed by atoms with Crippen LogP contribution in [0.3, 0.4) is 0 Å². The van der Waals surface area contributed by atoms with E-state index >= 15 is 0 Å². The number of halogens is 1. The summed E-state index contributed by atoms with van der Waals surface area (Å²) in [5.74, 6) is 1.86. The highest BCUT2D eigenvalue weighted by molar-refractivity contribution is 7.47. The molecule has 25 heavy (non-hydrogen) atoms. The van der Waals surface area contributed by atoms with Gasteiger partial charge in [-0.1, -0.05) is 54.6 Å². The Balaban J connectivity index is 0.00000225. The Labute approximate surface area is 161 Å². The minimum absolute atomic E-state index is 0. The highest BCUT2D eigenvalue weighted by Gasteiger charge is 2.26. The Bertz CT molecular complexity index is 745. The lowest BCUT2D eigenvalue weighted by Crippen LogP contribution is -3.00. The van der Waals surface area contributed by atoms with Crippen LogP contribution in [0.2, 0.25) is 0 Å². The van der Waals surface area contributed by atoms with E-state index in [9.17, 15) is 0 Å². The van der Waals surface area contributed by atoms with Crippen molar-refractivity contribution in [3.8, 4) is 11.5 Å². The Morgan fingerprint density at radius 2 is 1.08 bits per heavy atom. The molecule has 4 heteroatoms. The zero-order valence-corrected chi connectivity index (χ0v) is 17.1. The number of hydrogen-bond acceptors (Lipinski definition) is 2.